The molecule has 6 heteroatoms. The number of anilines is 2. The molecule has 0 saturated heterocycles. The standard InChI is InChI=1S/C22H24N2O4/c1-4-28-19(25)16-9-11-17(12-10-16)23-20(26)22(2,3)21(27)24-14-13-15-7-5-6-8-18(15)24/h5-12H,4,13-14H2,1-3H3,(H,23,26). The van der Waals surface area contributed by atoms with Crippen molar-refractivity contribution in [2.24, 2.45) is 5.41 Å². The first-order valence-electron chi connectivity index (χ1n) is 9.33. The quantitative estimate of drug-likeness (QED) is 0.637. The lowest BCUT2D eigenvalue weighted by atomic mass is 9.90. The average Bonchev–Trinajstić information content (AvgIpc) is 3.12. The zero-order valence-electron chi connectivity index (χ0n) is 16.3. The van der Waals surface area contributed by atoms with Gasteiger partial charge in [0.05, 0.1) is 12.2 Å². The van der Waals surface area contributed by atoms with Gasteiger partial charge in [-0.3, -0.25) is 9.59 Å². The van der Waals surface area contributed by atoms with Crippen LogP contribution in [-0.2, 0) is 20.7 Å². The summed E-state index contributed by atoms with van der Waals surface area (Å²) in [5.74, 6) is -1.05. The van der Waals surface area contributed by atoms with Crippen LogP contribution in [0.15, 0.2) is 48.5 Å². The number of rotatable bonds is 5. The highest BCUT2D eigenvalue weighted by Crippen LogP contribution is 2.32. The normalized spacial score (nSPS) is 13.0. The lowest BCUT2D eigenvalue weighted by Gasteiger charge is -2.28. The first-order chi connectivity index (χ1) is 13.3. The molecule has 3 rings (SSSR count). The summed E-state index contributed by atoms with van der Waals surface area (Å²) in [5, 5.41) is 2.77. The largest absolute Gasteiger partial charge is 0.462 e. The number of benzene rings is 2. The molecule has 0 saturated carbocycles. The van der Waals surface area contributed by atoms with Crippen LogP contribution in [0.25, 0.3) is 0 Å². The molecule has 28 heavy (non-hydrogen) atoms. The summed E-state index contributed by atoms with van der Waals surface area (Å²) in [6, 6.07) is 14.2. The topological polar surface area (TPSA) is 75.7 Å². The van der Waals surface area contributed by atoms with Gasteiger partial charge in [0.15, 0.2) is 0 Å². The van der Waals surface area contributed by atoms with E-state index in [0.717, 1.165) is 17.7 Å². The summed E-state index contributed by atoms with van der Waals surface area (Å²) >= 11 is 0. The number of nitrogens with zero attached hydrogens (tertiary/aromatic N) is 1. The van der Waals surface area contributed by atoms with Gasteiger partial charge >= 0.3 is 5.97 Å². The molecule has 1 N–H and O–H groups in total. The Morgan fingerprint density at radius 2 is 1.75 bits per heavy atom. The molecule has 2 aromatic rings. The first-order valence-corrected chi connectivity index (χ1v) is 9.33. The second-order valence-corrected chi connectivity index (χ2v) is 7.21. The minimum atomic E-state index is -1.24. The Kier molecular flexibility index (Phi) is 5.49. The van der Waals surface area contributed by atoms with E-state index >= 15 is 0 Å². The molecule has 0 atom stereocenters. The van der Waals surface area contributed by atoms with E-state index in [1.165, 1.54) is 0 Å². The van der Waals surface area contributed by atoms with Crippen LogP contribution < -0.4 is 10.2 Å². The maximum Gasteiger partial charge on any atom is 0.338 e. The first kappa shape index (κ1) is 19.6. The number of amides is 2. The summed E-state index contributed by atoms with van der Waals surface area (Å²) in [7, 11) is 0. The second-order valence-electron chi connectivity index (χ2n) is 7.21. The summed E-state index contributed by atoms with van der Waals surface area (Å²) in [5.41, 5.74) is 1.66. The molecule has 0 spiro atoms. The minimum absolute atomic E-state index is 0.238. The van der Waals surface area contributed by atoms with E-state index in [-0.39, 0.29) is 5.91 Å². The van der Waals surface area contributed by atoms with Gasteiger partial charge in [0.1, 0.15) is 5.41 Å². The van der Waals surface area contributed by atoms with Crippen LogP contribution in [0.1, 0.15) is 36.7 Å². The predicted molar refractivity (Wildman–Crippen MR) is 107 cm³/mol. The van der Waals surface area contributed by atoms with Crippen molar-refractivity contribution in [3.8, 4) is 0 Å². The summed E-state index contributed by atoms with van der Waals surface area (Å²) in [4.78, 5) is 39.3. The van der Waals surface area contributed by atoms with Gasteiger partial charge < -0.3 is 15.0 Å². The highest BCUT2D eigenvalue weighted by atomic mass is 16.5. The highest BCUT2D eigenvalue weighted by Gasteiger charge is 2.41. The molecule has 0 aliphatic carbocycles. The number of hydrogen-bond donors (Lipinski definition) is 1. The number of carbonyl (C=O) groups excluding carboxylic acids is 3. The highest BCUT2D eigenvalue weighted by molar-refractivity contribution is 6.15. The third kappa shape index (κ3) is 3.76. The van der Waals surface area contributed by atoms with Gasteiger partial charge in [0.25, 0.3) is 0 Å². The van der Waals surface area contributed by atoms with E-state index in [1.807, 2.05) is 24.3 Å². The van der Waals surface area contributed by atoms with E-state index in [2.05, 4.69) is 5.32 Å². The second kappa shape index (κ2) is 7.84. The molecular weight excluding hydrogens is 356 g/mol. The van der Waals surface area contributed by atoms with Crippen molar-refractivity contribution in [3.63, 3.8) is 0 Å². The molecule has 0 radical (unpaired) electrons. The number of esters is 1. The van der Waals surface area contributed by atoms with E-state index in [9.17, 15) is 14.4 Å². The van der Waals surface area contributed by atoms with E-state index in [1.54, 1.807) is 49.9 Å². The van der Waals surface area contributed by atoms with E-state index in [4.69, 9.17) is 4.74 Å². The molecule has 1 aliphatic rings. The minimum Gasteiger partial charge on any atom is -0.462 e. The maximum atomic E-state index is 13.1. The van der Waals surface area contributed by atoms with Crippen molar-refractivity contribution in [2.75, 3.05) is 23.4 Å². The van der Waals surface area contributed by atoms with Gasteiger partial charge in [0, 0.05) is 17.9 Å². The van der Waals surface area contributed by atoms with Gasteiger partial charge in [-0.05, 0) is 63.1 Å². The summed E-state index contributed by atoms with van der Waals surface area (Å²) in [6.45, 7) is 5.86. The van der Waals surface area contributed by atoms with Crippen LogP contribution in [0.4, 0.5) is 11.4 Å². The Balaban J connectivity index is 1.71. The van der Waals surface area contributed by atoms with Crippen LogP contribution in [0.5, 0.6) is 0 Å². The molecule has 1 aliphatic heterocycles. The van der Waals surface area contributed by atoms with Gasteiger partial charge in [-0.2, -0.15) is 0 Å². The number of ether oxygens (including phenoxy) is 1. The fourth-order valence-corrected chi connectivity index (χ4v) is 3.18. The molecule has 0 fully saturated rings. The number of fused-ring (bicyclic) bond motifs is 1. The van der Waals surface area contributed by atoms with E-state index < -0.39 is 17.3 Å². The number of carbonyl (C=O) groups is 3. The van der Waals surface area contributed by atoms with E-state index in [0.29, 0.717) is 24.4 Å². The Bertz CT molecular complexity index is 903. The van der Waals surface area contributed by atoms with Crippen LogP contribution in [0.3, 0.4) is 0 Å². The average molecular weight is 380 g/mol. The third-order valence-corrected chi connectivity index (χ3v) is 4.89. The fraction of sp³-hybridized carbons (Fsp3) is 0.318. The summed E-state index contributed by atoms with van der Waals surface area (Å²) < 4.78 is 4.94. The lowest BCUT2D eigenvalue weighted by molar-refractivity contribution is -0.136. The van der Waals surface area contributed by atoms with Gasteiger partial charge in [-0.15, -0.1) is 0 Å². The molecule has 0 bridgehead atoms. The lowest BCUT2D eigenvalue weighted by Crippen LogP contribution is -2.47. The van der Waals surface area contributed by atoms with Gasteiger partial charge in [0.2, 0.25) is 11.8 Å². The van der Waals surface area contributed by atoms with Crippen molar-refractivity contribution in [3.05, 3.63) is 59.7 Å². The molecule has 146 valence electrons. The molecule has 0 aromatic heterocycles. The van der Waals surface area contributed by atoms with Crippen molar-refractivity contribution in [2.45, 2.75) is 27.2 Å². The maximum absolute atomic E-state index is 13.1. The molecule has 0 unspecified atom stereocenters. The van der Waals surface area contributed by atoms with Crippen molar-refractivity contribution >= 4 is 29.2 Å². The summed E-state index contributed by atoms with van der Waals surface area (Å²) in [6.07, 6.45) is 0.787. The number of nitrogens with one attached hydrogen (secondary N) is 1. The van der Waals surface area contributed by atoms with Crippen LogP contribution in [0, 0.1) is 5.41 Å². The zero-order valence-corrected chi connectivity index (χ0v) is 16.3. The van der Waals surface area contributed by atoms with Gasteiger partial charge in [-0.1, -0.05) is 18.2 Å². The van der Waals surface area contributed by atoms with Crippen LogP contribution >= 0.6 is 0 Å². The smallest absolute Gasteiger partial charge is 0.338 e. The van der Waals surface area contributed by atoms with Crippen molar-refractivity contribution in [1.82, 2.24) is 0 Å². The van der Waals surface area contributed by atoms with Crippen molar-refractivity contribution in [1.29, 1.82) is 0 Å². The monoisotopic (exact) mass is 380 g/mol. The Hall–Kier alpha value is -3.15. The van der Waals surface area contributed by atoms with Crippen LogP contribution in [-0.4, -0.2) is 30.9 Å². The third-order valence-electron chi connectivity index (χ3n) is 4.89. The number of para-hydroxylation sites is 1. The molecule has 2 aromatic carbocycles. The van der Waals surface area contributed by atoms with Crippen molar-refractivity contribution < 1.29 is 19.1 Å². The molecular formula is C22H24N2O4. The molecule has 2 amide bonds. The predicted octanol–water partition coefficient (Wildman–Crippen LogP) is 3.42. The fourth-order valence-electron chi connectivity index (χ4n) is 3.18. The number of hydrogen-bond acceptors (Lipinski definition) is 4. The molecule has 1 heterocycles. The van der Waals surface area contributed by atoms with Crippen LogP contribution in [0.2, 0.25) is 0 Å². The Labute approximate surface area is 164 Å². The zero-order chi connectivity index (χ0) is 20.3. The SMILES string of the molecule is CCOC(=O)c1ccc(NC(=O)C(C)(C)C(=O)N2CCc3ccccc32)cc1. The molecule has 6 nitrogen and oxygen atoms in total. The Morgan fingerprint density at radius 3 is 2.43 bits per heavy atom. The van der Waals surface area contributed by atoms with Gasteiger partial charge in [-0.25, -0.2) is 4.79 Å². The Morgan fingerprint density at radius 1 is 1.07 bits per heavy atom.